The van der Waals surface area contributed by atoms with Crippen molar-refractivity contribution in [2.75, 3.05) is 18.5 Å². The first-order valence-corrected chi connectivity index (χ1v) is 10.8. The monoisotopic (exact) mass is 437 g/mol. The van der Waals surface area contributed by atoms with Crippen molar-refractivity contribution in [2.45, 2.75) is 26.3 Å². The normalized spacial score (nSPS) is 14.8. The van der Waals surface area contributed by atoms with Crippen LogP contribution in [-0.4, -0.2) is 30.0 Å². The summed E-state index contributed by atoms with van der Waals surface area (Å²) in [5, 5.41) is 8.13. The zero-order chi connectivity index (χ0) is 21.8. The lowest BCUT2D eigenvalue weighted by Crippen LogP contribution is -2.30. The SMILES string of the molecule is CC(=O)NC1CCOc2ccc(-c3csc(NC(=O)COc4ccc(C)cc4)n3)cc21. The van der Waals surface area contributed by atoms with E-state index in [4.69, 9.17) is 9.47 Å². The van der Waals surface area contributed by atoms with Crippen LogP contribution in [0.5, 0.6) is 11.5 Å². The first-order valence-electron chi connectivity index (χ1n) is 9.97. The fraction of sp³-hybridized carbons (Fsp3) is 0.261. The molecule has 2 amide bonds. The average molecular weight is 438 g/mol. The molecule has 3 aromatic rings. The molecule has 1 aliphatic rings. The smallest absolute Gasteiger partial charge is 0.264 e. The molecule has 0 saturated heterocycles. The lowest BCUT2D eigenvalue weighted by molar-refractivity contribution is -0.120. The van der Waals surface area contributed by atoms with Gasteiger partial charge in [-0.3, -0.25) is 14.9 Å². The van der Waals surface area contributed by atoms with E-state index in [0.29, 0.717) is 17.5 Å². The number of carbonyl (C=O) groups is 2. The number of benzene rings is 2. The standard InChI is InChI=1S/C23H23N3O4S/c1-14-3-6-17(7-4-14)30-12-22(28)26-23-25-20(13-31-23)16-5-8-21-18(11-16)19(9-10-29-21)24-15(2)27/h3-8,11,13,19H,9-10,12H2,1-2H3,(H,24,27)(H,25,26,28). The molecule has 4 rings (SSSR count). The Morgan fingerprint density at radius 2 is 2.03 bits per heavy atom. The molecule has 0 radical (unpaired) electrons. The Morgan fingerprint density at radius 3 is 2.81 bits per heavy atom. The van der Waals surface area contributed by atoms with Crippen molar-refractivity contribution in [3.8, 4) is 22.8 Å². The van der Waals surface area contributed by atoms with Crippen LogP contribution >= 0.6 is 11.3 Å². The van der Waals surface area contributed by atoms with E-state index in [1.807, 2.05) is 54.8 Å². The molecule has 1 aliphatic heterocycles. The van der Waals surface area contributed by atoms with Crippen LogP contribution in [0, 0.1) is 6.92 Å². The molecule has 0 spiro atoms. The highest BCUT2D eigenvalue weighted by Gasteiger charge is 2.23. The highest BCUT2D eigenvalue weighted by molar-refractivity contribution is 7.14. The Hall–Kier alpha value is -3.39. The van der Waals surface area contributed by atoms with Gasteiger partial charge in [0.1, 0.15) is 11.5 Å². The van der Waals surface area contributed by atoms with Crippen LogP contribution in [0.2, 0.25) is 0 Å². The molecule has 2 N–H and O–H groups in total. The molecule has 0 bridgehead atoms. The van der Waals surface area contributed by atoms with Crippen molar-refractivity contribution in [2.24, 2.45) is 0 Å². The minimum atomic E-state index is -0.272. The molecule has 1 aromatic heterocycles. The van der Waals surface area contributed by atoms with Gasteiger partial charge in [-0.1, -0.05) is 17.7 Å². The number of nitrogens with zero attached hydrogens (tertiary/aromatic N) is 1. The number of hydrogen-bond acceptors (Lipinski definition) is 6. The van der Waals surface area contributed by atoms with E-state index < -0.39 is 0 Å². The van der Waals surface area contributed by atoms with E-state index in [1.54, 1.807) is 0 Å². The third-order valence-corrected chi connectivity index (χ3v) is 5.62. The van der Waals surface area contributed by atoms with Gasteiger partial charge in [-0.05, 0) is 37.3 Å². The number of hydrogen-bond donors (Lipinski definition) is 2. The fourth-order valence-electron chi connectivity index (χ4n) is 3.35. The average Bonchev–Trinajstić information content (AvgIpc) is 3.21. The lowest BCUT2D eigenvalue weighted by atomic mass is 9.97. The molecule has 0 fully saturated rings. The van der Waals surface area contributed by atoms with Gasteiger partial charge in [0, 0.05) is 29.9 Å². The molecule has 2 aromatic carbocycles. The van der Waals surface area contributed by atoms with Crippen molar-refractivity contribution in [1.29, 1.82) is 0 Å². The summed E-state index contributed by atoms with van der Waals surface area (Å²) in [6.07, 6.45) is 0.718. The topological polar surface area (TPSA) is 89.6 Å². The molecule has 1 unspecified atom stereocenters. The van der Waals surface area contributed by atoms with Crippen molar-refractivity contribution < 1.29 is 19.1 Å². The van der Waals surface area contributed by atoms with E-state index in [-0.39, 0.29) is 24.5 Å². The second-order valence-corrected chi connectivity index (χ2v) is 8.19. The summed E-state index contributed by atoms with van der Waals surface area (Å²) in [5.74, 6) is 1.07. The molecule has 160 valence electrons. The number of thiazole rings is 1. The minimum absolute atomic E-state index is 0.0743. The first-order chi connectivity index (χ1) is 15.0. The Morgan fingerprint density at radius 1 is 1.23 bits per heavy atom. The van der Waals surface area contributed by atoms with Crippen LogP contribution in [0.25, 0.3) is 11.3 Å². The summed E-state index contributed by atoms with van der Waals surface area (Å²) in [6.45, 7) is 3.98. The number of ether oxygens (including phenoxy) is 2. The Labute approximate surface area is 184 Å². The molecule has 0 aliphatic carbocycles. The number of aromatic nitrogens is 1. The molecular weight excluding hydrogens is 414 g/mol. The molecule has 8 heteroatoms. The number of nitrogens with one attached hydrogen (secondary N) is 2. The predicted molar refractivity (Wildman–Crippen MR) is 120 cm³/mol. The third-order valence-electron chi connectivity index (χ3n) is 4.86. The highest BCUT2D eigenvalue weighted by atomic mass is 32.1. The van der Waals surface area contributed by atoms with Gasteiger partial charge in [0.15, 0.2) is 11.7 Å². The van der Waals surface area contributed by atoms with Crippen LogP contribution in [0.15, 0.2) is 47.8 Å². The molecule has 2 heterocycles. The van der Waals surface area contributed by atoms with Crippen LogP contribution in [0.3, 0.4) is 0 Å². The minimum Gasteiger partial charge on any atom is -0.493 e. The van der Waals surface area contributed by atoms with Gasteiger partial charge < -0.3 is 14.8 Å². The second kappa shape index (κ2) is 9.18. The molecule has 7 nitrogen and oxygen atoms in total. The van der Waals surface area contributed by atoms with E-state index >= 15 is 0 Å². The van der Waals surface area contributed by atoms with Crippen molar-refractivity contribution >= 4 is 28.3 Å². The Kier molecular flexibility index (Phi) is 6.18. The molecular formula is C23H23N3O4S. The van der Waals surface area contributed by atoms with Crippen LogP contribution in [0.4, 0.5) is 5.13 Å². The van der Waals surface area contributed by atoms with Crippen molar-refractivity contribution in [3.63, 3.8) is 0 Å². The van der Waals surface area contributed by atoms with Crippen LogP contribution < -0.4 is 20.1 Å². The van der Waals surface area contributed by atoms with Crippen LogP contribution in [-0.2, 0) is 9.59 Å². The number of fused-ring (bicyclic) bond motifs is 1. The van der Waals surface area contributed by atoms with E-state index in [2.05, 4.69) is 15.6 Å². The zero-order valence-corrected chi connectivity index (χ0v) is 18.1. The summed E-state index contributed by atoms with van der Waals surface area (Å²) >= 11 is 1.35. The van der Waals surface area contributed by atoms with Gasteiger partial charge in [0.05, 0.1) is 18.3 Å². The highest BCUT2D eigenvalue weighted by Crippen LogP contribution is 2.36. The maximum Gasteiger partial charge on any atom is 0.264 e. The number of amides is 2. The largest absolute Gasteiger partial charge is 0.493 e. The number of anilines is 1. The van der Waals surface area contributed by atoms with Gasteiger partial charge in [0.25, 0.3) is 5.91 Å². The van der Waals surface area contributed by atoms with E-state index in [0.717, 1.165) is 34.6 Å². The maximum absolute atomic E-state index is 12.2. The molecule has 0 saturated carbocycles. The second-order valence-electron chi connectivity index (χ2n) is 7.33. The predicted octanol–water partition coefficient (Wildman–Crippen LogP) is 4.10. The summed E-state index contributed by atoms with van der Waals surface area (Å²) in [4.78, 5) is 28.3. The van der Waals surface area contributed by atoms with E-state index in [1.165, 1.54) is 18.3 Å². The zero-order valence-electron chi connectivity index (χ0n) is 17.3. The third kappa shape index (κ3) is 5.21. The fourth-order valence-corrected chi connectivity index (χ4v) is 4.09. The van der Waals surface area contributed by atoms with Gasteiger partial charge >= 0.3 is 0 Å². The quantitative estimate of drug-likeness (QED) is 0.606. The number of aryl methyl sites for hydroxylation is 1. The summed E-state index contributed by atoms with van der Waals surface area (Å²) in [7, 11) is 0. The number of carbonyl (C=O) groups excluding carboxylic acids is 2. The maximum atomic E-state index is 12.2. The molecule has 1 atom stereocenters. The molecule has 31 heavy (non-hydrogen) atoms. The summed E-state index contributed by atoms with van der Waals surface area (Å²) < 4.78 is 11.2. The van der Waals surface area contributed by atoms with E-state index in [9.17, 15) is 9.59 Å². The van der Waals surface area contributed by atoms with Crippen molar-refractivity contribution in [3.05, 3.63) is 59.0 Å². The van der Waals surface area contributed by atoms with Gasteiger partial charge in [-0.2, -0.15) is 0 Å². The first kappa shape index (κ1) is 20.9. The Bertz CT molecular complexity index is 1090. The number of rotatable bonds is 6. The van der Waals surface area contributed by atoms with Gasteiger partial charge in [-0.25, -0.2) is 4.98 Å². The van der Waals surface area contributed by atoms with Gasteiger partial charge in [-0.15, -0.1) is 11.3 Å². The summed E-state index contributed by atoms with van der Waals surface area (Å²) in [5.41, 5.74) is 3.70. The van der Waals surface area contributed by atoms with Crippen LogP contribution in [0.1, 0.15) is 30.5 Å². The summed E-state index contributed by atoms with van der Waals surface area (Å²) in [6, 6.07) is 13.2. The lowest BCUT2D eigenvalue weighted by Gasteiger charge is -2.26. The Balaban J connectivity index is 1.42. The van der Waals surface area contributed by atoms with Gasteiger partial charge in [0.2, 0.25) is 5.91 Å². The van der Waals surface area contributed by atoms with Crippen molar-refractivity contribution in [1.82, 2.24) is 10.3 Å².